The largest absolute Gasteiger partial charge is 0.481 e. The second-order valence-electron chi connectivity index (χ2n) is 3.16. The first-order chi connectivity index (χ1) is 6.38. The lowest BCUT2D eigenvalue weighted by molar-refractivity contribution is -0.166. The molecule has 0 aliphatic heterocycles. The first-order valence-corrected chi connectivity index (χ1v) is 4.05. The number of carboxylic acids is 1. The van der Waals surface area contributed by atoms with Crippen molar-refractivity contribution < 1.29 is 24.5 Å². The third-order valence-corrected chi connectivity index (χ3v) is 2.17. The molecule has 0 spiro atoms. The van der Waals surface area contributed by atoms with Gasteiger partial charge in [-0.3, -0.25) is 4.79 Å². The summed E-state index contributed by atoms with van der Waals surface area (Å²) in [5.74, 6) is -1.93. The average molecular weight is 202 g/mol. The first-order valence-electron chi connectivity index (χ1n) is 4.05. The average Bonchev–Trinajstić information content (AvgIpc) is 2.15. The van der Waals surface area contributed by atoms with Crippen molar-refractivity contribution in [3.8, 4) is 0 Å². The highest BCUT2D eigenvalue weighted by atomic mass is 16.5. The maximum atomic E-state index is 10.8. The van der Waals surface area contributed by atoms with Crippen LogP contribution in [0.4, 0.5) is 0 Å². The minimum atomic E-state index is -1.49. The Bertz CT molecular complexity index is 248. The molecule has 0 aromatic rings. The van der Waals surface area contributed by atoms with Gasteiger partial charge in [-0.1, -0.05) is 6.58 Å². The molecule has 5 nitrogen and oxygen atoms in total. The molecule has 14 heavy (non-hydrogen) atoms. The highest BCUT2D eigenvalue weighted by Gasteiger charge is 2.40. The number of carbonyl (C=O) groups excluding carboxylic acids is 1. The predicted molar refractivity (Wildman–Crippen MR) is 48.6 cm³/mol. The van der Waals surface area contributed by atoms with E-state index >= 15 is 0 Å². The van der Waals surface area contributed by atoms with E-state index in [0.29, 0.717) is 0 Å². The molecule has 2 atom stereocenters. The first kappa shape index (κ1) is 12.6. The predicted octanol–water partition coefficient (Wildman–Crippen LogP) is 0.187. The molecule has 0 bridgehead atoms. The molecule has 0 radical (unpaired) electrons. The molecule has 0 rings (SSSR count). The van der Waals surface area contributed by atoms with Crippen molar-refractivity contribution in [3.05, 3.63) is 12.7 Å². The number of rotatable bonds is 5. The lowest BCUT2D eigenvalue weighted by atomic mass is 9.86. The molecule has 0 fully saturated rings. The van der Waals surface area contributed by atoms with Gasteiger partial charge in [0.2, 0.25) is 0 Å². The molecule has 0 heterocycles. The van der Waals surface area contributed by atoms with Crippen LogP contribution in [0.25, 0.3) is 0 Å². The highest BCUT2D eigenvalue weighted by molar-refractivity contribution is 5.82. The fourth-order valence-electron chi connectivity index (χ4n) is 0.722. The van der Waals surface area contributed by atoms with Gasteiger partial charge in [-0.15, -0.1) is 0 Å². The number of carbonyl (C=O) groups is 2. The van der Waals surface area contributed by atoms with Gasteiger partial charge in [-0.25, -0.2) is 4.79 Å². The molecule has 2 unspecified atom stereocenters. The maximum absolute atomic E-state index is 10.8. The van der Waals surface area contributed by atoms with Crippen LogP contribution in [0.1, 0.15) is 13.8 Å². The van der Waals surface area contributed by atoms with E-state index in [1.54, 1.807) is 0 Å². The summed E-state index contributed by atoms with van der Waals surface area (Å²) < 4.78 is 4.72. The summed E-state index contributed by atoms with van der Waals surface area (Å²) in [6.45, 7) is 5.29. The number of aliphatic hydroxyl groups excluding tert-OH is 1. The second kappa shape index (κ2) is 4.76. The Hall–Kier alpha value is -1.36. The van der Waals surface area contributed by atoms with Crippen molar-refractivity contribution in [2.24, 2.45) is 5.41 Å². The van der Waals surface area contributed by atoms with Crippen molar-refractivity contribution in [1.29, 1.82) is 0 Å². The van der Waals surface area contributed by atoms with E-state index in [4.69, 9.17) is 14.9 Å². The van der Waals surface area contributed by atoms with E-state index in [0.717, 1.165) is 6.08 Å². The molecule has 0 aromatic carbocycles. The van der Waals surface area contributed by atoms with Crippen LogP contribution in [0.5, 0.6) is 0 Å². The van der Waals surface area contributed by atoms with Crippen molar-refractivity contribution >= 4 is 11.9 Å². The number of hydrogen-bond acceptors (Lipinski definition) is 4. The Morgan fingerprint density at radius 3 is 2.43 bits per heavy atom. The van der Waals surface area contributed by atoms with Crippen LogP contribution in [0, 0.1) is 5.41 Å². The van der Waals surface area contributed by atoms with Crippen molar-refractivity contribution in [2.45, 2.75) is 20.0 Å². The summed E-state index contributed by atoms with van der Waals surface area (Å²) >= 11 is 0. The van der Waals surface area contributed by atoms with Crippen LogP contribution in [-0.4, -0.2) is 34.9 Å². The summed E-state index contributed by atoms with van der Waals surface area (Å²) in [7, 11) is 0. The number of ether oxygens (including phenoxy) is 1. The molecule has 0 saturated carbocycles. The Kier molecular flexibility index (Phi) is 4.30. The SMILES string of the molecule is C=CC(=O)OC(C)C(C)(CO)C(=O)O. The fraction of sp³-hybridized carbons (Fsp3) is 0.556. The monoisotopic (exact) mass is 202 g/mol. The third kappa shape index (κ3) is 2.56. The number of hydrogen-bond donors (Lipinski definition) is 2. The van der Waals surface area contributed by atoms with E-state index in [1.807, 2.05) is 0 Å². The Labute approximate surface area is 82.0 Å². The van der Waals surface area contributed by atoms with Crippen molar-refractivity contribution in [1.82, 2.24) is 0 Å². The van der Waals surface area contributed by atoms with Gasteiger partial charge >= 0.3 is 11.9 Å². The van der Waals surface area contributed by atoms with Gasteiger partial charge in [0.1, 0.15) is 11.5 Å². The van der Waals surface area contributed by atoms with Gasteiger partial charge < -0.3 is 14.9 Å². The van der Waals surface area contributed by atoms with Gasteiger partial charge in [0.15, 0.2) is 0 Å². The lowest BCUT2D eigenvalue weighted by Gasteiger charge is -2.28. The highest BCUT2D eigenvalue weighted by Crippen LogP contribution is 2.23. The fourth-order valence-corrected chi connectivity index (χ4v) is 0.722. The van der Waals surface area contributed by atoms with Gasteiger partial charge in [0.05, 0.1) is 6.61 Å². The summed E-state index contributed by atoms with van der Waals surface area (Å²) in [5, 5.41) is 17.7. The summed E-state index contributed by atoms with van der Waals surface area (Å²) in [6.07, 6.45) is 0.0198. The third-order valence-electron chi connectivity index (χ3n) is 2.17. The van der Waals surface area contributed by atoms with E-state index in [9.17, 15) is 9.59 Å². The molecule has 0 aliphatic rings. The van der Waals surface area contributed by atoms with Crippen LogP contribution < -0.4 is 0 Å². The van der Waals surface area contributed by atoms with Crippen LogP contribution in [0.2, 0.25) is 0 Å². The van der Waals surface area contributed by atoms with E-state index in [2.05, 4.69) is 6.58 Å². The van der Waals surface area contributed by atoms with E-state index in [-0.39, 0.29) is 0 Å². The Morgan fingerprint density at radius 1 is 1.64 bits per heavy atom. The quantitative estimate of drug-likeness (QED) is 0.491. The van der Waals surface area contributed by atoms with Gasteiger partial charge in [-0.2, -0.15) is 0 Å². The number of aliphatic carboxylic acids is 1. The molecule has 80 valence electrons. The maximum Gasteiger partial charge on any atom is 0.330 e. The minimum absolute atomic E-state index is 0.603. The van der Waals surface area contributed by atoms with Crippen LogP contribution in [-0.2, 0) is 14.3 Å². The Morgan fingerprint density at radius 2 is 2.14 bits per heavy atom. The summed E-state index contributed by atoms with van der Waals surface area (Å²) in [5.41, 5.74) is -1.49. The smallest absolute Gasteiger partial charge is 0.330 e. The molecular weight excluding hydrogens is 188 g/mol. The van der Waals surface area contributed by atoms with Gasteiger partial charge in [-0.05, 0) is 13.8 Å². The minimum Gasteiger partial charge on any atom is -0.481 e. The molecule has 0 saturated heterocycles. The van der Waals surface area contributed by atoms with Gasteiger partial charge in [0.25, 0.3) is 0 Å². The molecule has 0 aliphatic carbocycles. The standard InChI is InChI=1S/C9H14O5/c1-4-7(11)14-6(2)9(3,5-10)8(12)13/h4,6,10H,1,5H2,2-3H3,(H,12,13). The molecule has 2 N–H and O–H groups in total. The number of esters is 1. The van der Waals surface area contributed by atoms with Crippen molar-refractivity contribution in [2.75, 3.05) is 6.61 Å². The van der Waals surface area contributed by atoms with Gasteiger partial charge in [0, 0.05) is 6.08 Å². The molecule has 0 aromatic heterocycles. The van der Waals surface area contributed by atoms with Crippen LogP contribution >= 0.6 is 0 Å². The number of aliphatic hydroxyl groups is 1. The van der Waals surface area contributed by atoms with E-state index < -0.39 is 30.1 Å². The van der Waals surface area contributed by atoms with Crippen LogP contribution in [0.15, 0.2) is 12.7 Å². The zero-order valence-electron chi connectivity index (χ0n) is 8.19. The zero-order chi connectivity index (χ0) is 11.4. The molecular formula is C9H14O5. The summed E-state index contributed by atoms with van der Waals surface area (Å²) in [4.78, 5) is 21.6. The normalized spacial score (nSPS) is 16.5. The lowest BCUT2D eigenvalue weighted by Crippen LogP contribution is -2.43. The topological polar surface area (TPSA) is 83.8 Å². The molecule has 0 amide bonds. The van der Waals surface area contributed by atoms with E-state index in [1.165, 1.54) is 13.8 Å². The van der Waals surface area contributed by atoms with Crippen LogP contribution in [0.3, 0.4) is 0 Å². The second-order valence-corrected chi connectivity index (χ2v) is 3.16. The number of carboxylic acid groups (broad SMARTS) is 1. The van der Waals surface area contributed by atoms with Crippen molar-refractivity contribution in [3.63, 3.8) is 0 Å². The Balaban J connectivity index is 4.61. The zero-order valence-corrected chi connectivity index (χ0v) is 8.19. The summed E-state index contributed by atoms with van der Waals surface area (Å²) in [6, 6.07) is 0. The molecule has 5 heteroatoms.